The summed E-state index contributed by atoms with van der Waals surface area (Å²) in [6.07, 6.45) is 1.61. The number of benzene rings is 1. The molecule has 0 saturated carbocycles. The van der Waals surface area contributed by atoms with E-state index in [-0.39, 0.29) is 22.5 Å². The number of nitrogens with zero attached hydrogens (tertiary/aromatic N) is 1. The van der Waals surface area contributed by atoms with E-state index in [1.54, 1.807) is 24.3 Å². The molecule has 0 bridgehead atoms. The smallest absolute Gasteiger partial charge is 0.252 e. The first-order chi connectivity index (χ1) is 11.5. The average molecular weight is 390 g/mol. The summed E-state index contributed by atoms with van der Waals surface area (Å²) >= 11 is 6.90. The molecule has 1 aromatic carbocycles. The van der Waals surface area contributed by atoms with E-state index >= 15 is 0 Å². The summed E-state index contributed by atoms with van der Waals surface area (Å²) in [6.45, 7) is 1.14. The molecule has 1 fully saturated rings. The van der Waals surface area contributed by atoms with Gasteiger partial charge in [0.15, 0.2) is 11.6 Å². The first-order valence-electron chi connectivity index (χ1n) is 7.59. The predicted molar refractivity (Wildman–Crippen MR) is 92.7 cm³/mol. The van der Waals surface area contributed by atoms with Crippen molar-refractivity contribution in [2.24, 2.45) is 5.92 Å². The largest absolute Gasteiger partial charge is 0.490 e. The van der Waals surface area contributed by atoms with Crippen LogP contribution in [0, 0.1) is 11.7 Å². The first kappa shape index (κ1) is 17.7. The highest BCUT2D eigenvalue weighted by Gasteiger charge is 2.31. The van der Waals surface area contributed by atoms with Crippen LogP contribution in [-0.4, -0.2) is 32.4 Å². The summed E-state index contributed by atoms with van der Waals surface area (Å²) in [4.78, 5) is 0. The number of thiophene rings is 1. The van der Waals surface area contributed by atoms with Gasteiger partial charge in [-0.15, -0.1) is 11.3 Å². The van der Waals surface area contributed by atoms with Crippen molar-refractivity contribution >= 4 is 33.0 Å². The maximum absolute atomic E-state index is 13.6. The van der Waals surface area contributed by atoms with Crippen LogP contribution in [0.25, 0.3) is 0 Å². The lowest BCUT2D eigenvalue weighted by Crippen LogP contribution is -2.41. The Hall–Kier alpha value is -1.15. The van der Waals surface area contributed by atoms with Gasteiger partial charge < -0.3 is 4.74 Å². The van der Waals surface area contributed by atoms with Crippen LogP contribution in [0.4, 0.5) is 4.39 Å². The molecule has 1 atom stereocenters. The molecular formula is C16H17ClFNO3S2. The number of rotatable bonds is 5. The molecule has 24 heavy (non-hydrogen) atoms. The summed E-state index contributed by atoms with van der Waals surface area (Å²) in [5, 5.41) is 0. The number of halogens is 2. The molecule has 4 nitrogen and oxygen atoms in total. The fourth-order valence-corrected chi connectivity index (χ4v) is 5.91. The number of hydrogen-bond donors (Lipinski definition) is 0. The number of ether oxygens (including phenoxy) is 1. The molecule has 2 heterocycles. The molecule has 1 saturated heterocycles. The molecule has 0 spiro atoms. The van der Waals surface area contributed by atoms with Gasteiger partial charge in [-0.05, 0) is 37.1 Å². The Bertz CT molecular complexity index is 809. The van der Waals surface area contributed by atoms with E-state index in [1.807, 2.05) is 0 Å². The van der Waals surface area contributed by atoms with Gasteiger partial charge in [-0.25, -0.2) is 12.8 Å². The van der Waals surface area contributed by atoms with Crippen molar-refractivity contribution in [2.45, 2.75) is 17.1 Å². The van der Waals surface area contributed by atoms with E-state index in [9.17, 15) is 12.8 Å². The van der Waals surface area contributed by atoms with Gasteiger partial charge in [0.2, 0.25) is 0 Å². The van der Waals surface area contributed by atoms with Crippen LogP contribution in [0.1, 0.15) is 12.8 Å². The van der Waals surface area contributed by atoms with Crippen molar-refractivity contribution in [2.75, 3.05) is 19.7 Å². The van der Waals surface area contributed by atoms with Crippen molar-refractivity contribution in [3.8, 4) is 5.75 Å². The van der Waals surface area contributed by atoms with E-state index in [0.29, 0.717) is 17.4 Å². The molecule has 1 aliphatic heterocycles. The van der Waals surface area contributed by atoms with Crippen LogP contribution >= 0.6 is 22.9 Å². The van der Waals surface area contributed by atoms with Gasteiger partial charge in [-0.1, -0.05) is 23.7 Å². The van der Waals surface area contributed by atoms with Crippen LogP contribution in [0.3, 0.4) is 0 Å². The third-order valence-electron chi connectivity index (χ3n) is 3.94. The fourth-order valence-electron chi connectivity index (χ4n) is 2.71. The van der Waals surface area contributed by atoms with Crippen molar-refractivity contribution in [3.05, 3.63) is 46.6 Å². The first-order valence-corrected chi connectivity index (χ1v) is 10.2. The van der Waals surface area contributed by atoms with Crippen molar-refractivity contribution in [1.29, 1.82) is 0 Å². The highest BCUT2D eigenvalue weighted by atomic mass is 35.5. The predicted octanol–water partition coefficient (Wildman–Crippen LogP) is 4.02. The highest BCUT2D eigenvalue weighted by Crippen LogP contribution is 2.30. The van der Waals surface area contributed by atoms with Gasteiger partial charge >= 0.3 is 0 Å². The quantitative estimate of drug-likeness (QED) is 0.775. The van der Waals surface area contributed by atoms with Crippen molar-refractivity contribution < 1.29 is 17.5 Å². The SMILES string of the molecule is O=S(=O)(c1ccc(Cl)s1)N1CCCC(COc2ccccc2F)C1. The Morgan fingerprint density at radius 3 is 2.79 bits per heavy atom. The molecular weight excluding hydrogens is 373 g/mol. The van der Waals surface area contributed by atoms with E-state index in [1.165, 1.54) is 16.4 Å². The Morgan fingerprint density at radius 2 is 2.08 bits per heavy atom. The number of sulfonamides is 1. The molecule has 3 rings (SSSR count). The summed E-state index contributed by atoms with van der Waals surface area (Å²) in [5.41, 5.74) is 0. The second-order valence-electron chi connectivity index (χ2n) is 5.67. The zero-order chi connectivity index (χ0) is 17.2. The number of hydrogen-bond acceptors (Lipinski definition) is 4. The van der Waals surface area contributed by atoms with E-state index < -0.39 is 15.8 Å². The third-order valence-corrected chi connectivity index (χ3v) is 7.50. The van der Waals surface area contributed by atoms with Crippen LogP contribution in [0.15, 0.2) is 40.6 Å². The van der Waals surface area contributed by atoms with Crippen LogP contribution in [-0.2, 0) is 10.0 Å². The monoisotopic (exact) mass is 389 g/mol. The van der Waals surface area contributed by atoms with Gasteiger partial charge in [0.1, 0.15) is 4.21 Å². The zero-order valence-corrected chi connectivity index (χ0v) is 15.2. The molecule has 0 aliphatic carbocycles. The molecule has 0 radical (unpaired) electrons. The molecule has 1 aliphatic rings. The van der Waals surface area contributed by atoms with E-state index in [0.717, 1.165) is 24.2 Å². The number of para-hydroxylation sites is 1. The molecule has 0 N–H and O–H groups in total. The van der Waals surface area contributed by atoms with Gasteiger partial charge in [0, 0.05) is 19.0 Å². The zero-order valence-electron chi connectivity index (χ0n) is 12.8. The highest BCUT2D eigenvalue weighted by molar-refractivity contribution is 7.91. The standard InChI is InChI=1S/C16H17ClFNO3S2/c17-15-7-8-16(23-15)24(20,21)19-9-3-4-12(10-19)11-22-14-6-2-1-5-13(14)18/h1-2,5-8,12H,3-4,9-11H2. The lowest BCUT2D eigenvalue weighted by atomic mass is 10.0. The normalized spacial score (nSPS) is 19.3. The summed E-state index contributed by atoms with van der Waals surface area (Å²) in [5.74, 6) is -0.183. The third kappa shape index (κ3) is 3.91. The lowest BCUT2D eigenvalue weighted by Gasteiger charge is -2.31. The maximum atomic E-state index is 13.6. The van der Waals surface area contributed by atoms with E-state index in [4.69, 9.17) is 16.3 Å². The molecule has 0 amide bonds. The fraction of sp³-hybridized carbons (Fsp3) is 0.375. The van der Waals surface area contributed by atoms with E-state index in [2.05, 4.69) is 0 Å². The molecule has 1 aromatic heterocycles. The Balaban J connectivity index is 1.65. The van der Waals surface area contributed by atoms with Crippen LogP contribution < -0.4 is 4.74 Å². The van der Waals surface area contributed by atoms with Gasteiger partial charge in [-0.3, -0.25) is 0 Å². The van der Waals surface area contributed by atoms with Gasteiger partial charge in [0.25, 0.3) is 10.0 Å². The molecule has 1 unspecified atom stereocenters. The molecule has 8 heteroatoms. The minimum Gasteiger partial charge on any atom is -0.490 e. The Labute approximate surface area is 149 Å². The number of piperidine rings is 1. The summed E-state index contributed by atoms with van der Waals surface area (Å²) in [6, 6.07) is 9.33. The van der Waals surface area contributed by atoms with Crippen molar-refractivity contribution in [3.63, 3.8) is 0 Å². The summed E-state index contributed by atoms with van der Waals surface area (Å²) in [7, 11) is -3.53. The second-order valence-corrected chi connectivity index (χ2v) is 9.55. The topological polar surface area (TPSA) is 46.6 Å². The Kier molecular flexibility index (Phi) is 5.44. The van der Waals surface area contributed by atoms with Crippen LogP contribution in [0.5, 0.6) is 5.75 Å². The molecule has 2 aromatic rings. The lowest BCUT2D eigenvalue weighted by molar-refractivity contribution is 0.176. The maximum Gasteiger partial charge on any atom is 0.252 e. The van der Waals surface area contributed by atoms with Gasteiger partial charge in [0.05, 0.1) is 10.9 Å². The minimum absolute atomic E-state index is 0.0311. The summed E-state index contributed by atoms with van der Waals surface area (Å²) < 4.78 is 46.6. The van der Waals surface area contributed by atoms with Gasteiger partial charge in [-0.2, -0.15) is 4.31 Å². The minimum atomic E-state index is -3.53. The van der Waals surface area contributed by atoms with Crippen LogP contribution in [0.2, 0.25) is 4.34 Å². The average Bonchev–Trinajstić information content (AvgIpc) is 3.02. The Morgan fingerprint density at radius 1 is 1.29 bits per heavy atom. The second kappa shape index (κ2) is 7.39. The van der Waals surface area contributed by atoms with Crippen molar-refractivity contribution in [1.82, 2.24) is 4.31 Å². The molecule has 130 valence electrons.